The van der Waals surface area contributed by atoms with Crippen LogP contribution >= 0.6 is 0 Å². The molecule has 5 heterocycles. The van der Waals surface area contributed by atoms with Gasteiger partial charge in [-0.15, -0.1) is 0 Å². The lowest BCUT2D eigenvalue weighted by Crippen LogP contribution is -2.15. The fraction of sp³-hybridized carbons (Fsp3) is 0.538. The normalized spacial score (nSPS) is 25.2. The smallest absolute Gasteiger partial charge is 0.224 e. The van der Waals surface area contributed by atoms with E-state index in [4.69, 9.17) is 26.0 Å². The molecule has 0 aromatic carbocycles. The van der Waals surface area contributed by atoms with Crippen molar-refractivity contribution in [2.24, 2.45) is 5.92 Å². The number of allylic oxidation sites excluding steroid dienone is 1. The SMILES string of the molecule is Nc1nc(NC2CC2)c2ncn([C@H]3C=C[C@@H](CO)C3)c2n1.Nc1nc(NC2CC2)c2ncn([C@H]3CO[C@@H](CO)O3)c2n1. The highest BCUT2D eigenvalue weighted by atomic mass is 16.7. The first-order valence-corrected chi connectivity index (χ1v) is 14.2. The van der Waals surface area contributed by atoms with E-state index < -0.39 is 6.29 Å². The van der Waals surface area contributed by atoms with Crippen LogP contribution in [-0.2, 0) is 9.47 Å². The molecule has 4 aromatic heterocycles. The average molecular weight is 579 g/mol. The summed E-state index contributed by atoms with van der Waals surface area (Å²) in [5.74, 6) is 2.02. The molecule has 4 atom stereocenters. The number of aliphatic hydroxyl groups is 2. The minimum atomic E-state index is -0.615. The zero-order valence-corrected chi connectivity index (χ0v) is 22.9. The highest BCUT2D eigenvalue weighted by molar-refractivity contribution is 5.85. The van der Waals surface area contributed by atoms with Gasteiger partial charge < -0.3 is 46.4 Å². The van der Waals surface area contributed by atoms with Crippen LogP contribution in [0.3, 0.4) is 0 Å². The van der Waals surface area contributed by atoms with Gasteiger partial charge in [0.15, 0.2) is 46.5 Å². The van der Waals surface area contributed by atoms with Gasteiger partial charge in [0.05, 0.1) is 31.9 Å². The molecular formula is C26H34N12O4. The van der Waals surface area contributed by atoms with Gasteiger partial charge in [0.25, 0.3) is 0 Å². The number of nitrogens with two attached hydrogens (primary N) is 2. The summed E-state index contributed by atoms with van der Waals surface area (Å²) in [7, 11) is 0. The Hall–Kier alpha value is -4.12. The lowest BCUT2D eigenvalue weighted by Gasteiger charge is -2.13. The van der Waals surface area contributed by atoms with E-state index in [2.05, 4.69) is 46.6 Å². The van der Waals surface area contributed by atoms with E-state index in [0.29, 0.717) is 35.7 Å². The zero-order valence-electron chi connectivity index (χ0n) is 22.9. The third-order valence-corrected chi connectivity index (χ3v) is 7.65. The lowest BCUT2D eigenvalue weighted by atomic mass is 10.1. The van der Waals surface area contributed by atoms with Crippen LogP contribution in [0.15, 0.2) is 24.8 Å². The number of aliphatic hydroxyl groups excluding tert-OH is 2. The number of ether oxygens (including phenoxy) is 2. The fourth-order valence-electron chi connectivity index (χ4n) is 5.14. The monoisotopic (exact) mass is 578 g/mol. The molecule has 0 amide bonds. The highest BCUT2D eigenvalue weighted by Gasteiger charge is 2.30. The molecule has 2 saturated carbocycles. The molecule has 1 aliphatic heterocycles. The number of fused-ring (bicyclic) bond motifs is 2. The molecule has 16 nitrogen and oxygen atoms in total. The molecule has 4 aromatic rings. The Morgan fingerprint density at radius 3 is 1.93 bits per heavy atom. The molecule has 8 rings (SSSR count). The van der Waals surface area contributed by atoms with E-state index in [1.165, 1.54) is 0 Å². The first kappa shape index (κ1) is 26.8. The quantitative estimate of drug-likeness (QED) is 0.160. The zero-order chi connectivity index (χ0) is 28.8. The molecule has 16 heteroatoms. The summed E-state index contributed by atoms with van der Waals surface area (Å²) >= 11 is 0. The van der Waals surface area contributed by atoms with E-state index in [-0.39, 0.29) is 43.3 Å². The lowest BCUT2D eigenvalue weighted by molar-refractivity contribution is -0.0980. The number of anilines is 4. The molecule has 3 aliphatic carbocycles. The number of rotatable bonds is 8. The number of hydrogen-bond acceptors (Lipinski definition) is 14. The summed E-state index contributed by atoms with van der Waals surface area (Å²) in [5, 5.41) is 25.0. The molecule has 3 fully saturated rings. The number of nitrogens with one attached hydrogen (secondary N) is 2. The van der Waals surface area contributed by atoms with Crippen molar-refractivity contribution in [3.63, 3.8) is 0 Å². The Balaban J connectivity index is 0.000000137. The number of imidazole rings is 2. The largest absolute Gasteiger partial charge is 0.396 e. The summed E-state index contributed by atoms with van der Waals surface area (Å²) < 4.78 is 14.6. The van der Waals surface area contributed by atoms with Crippen molar-refractivity contribution in [3.8, 4) is 0 Å². The molecule has 1 saturated heterocycles. The summed E-state index contributed by atoms with van der Waals surface area (Å²) in [6, 6.07) is 1.09. The maximum absolute atomic E-state index is 9.26. The Morgan fingerprint density at radius 2 is 1.40 bits per heavy atom. The second-order valence-electron chi connectivity index (χ2n) is 11.0. The fourth-order valence-corrected chi connectivity index (χ4v) is 5.14. The van der Waals surface area contributed by atoms with E-state index in [1.54, 1.807) is 17.2 Å². The van der Waals surface area contributed by atoms with Crippen molar-refractivity contribution in [3.05, 3.63) is 24.8 Å². The van der Waals surface area contributed by atoms with Gasteiger partial charge in [-0.3, -0.25) is 4.57 Å². The van der Waals surface area contributed by atoms with E-state index in [0.717, 1.165) is 49.1 Å². The van der Waals surface area contributed by atoms with Crippen LogP contribution in [-0.4, -0.2) is 87.4 Å². The van der Waals surface area contributed by atoms with Crippen molar-refractivity contribution in [2.75, 3.05) is 41.9 Å². The molecule has 0 spiro atoms. The predicted octanol–water partition coefficient (Wildman–Crippen LogP) is 0.939. The molecule has 4 aliphatic rings. The minimum absolute atomic E-state index is 0.162. The van der Waals surface area contributed by atoms with Gasteiger partial charge >= 0.3 is 0 Å². The molecule has 0 unspecified atom stereocenters. The van der Waals surface area contributed by atoms with E-state index in [1.807, 2.05) is 10.6 Å². The van der Waals surface area contributed by atoms with Crippen LogP contribution < -0.4 is 22.1 Å². The summed E-state index contributed by atoms with van der Waals surface area (Å²) in [6.45, 7) is 0.311. The topological polar surface area (TPSA) is 222 Å². The average Bonchev–Trinajstić information content (AvgIpc) is 3.70. The standard InChI is InChI=1S/C14H18N6O.C12H16N6O3/c15-14-18-12(17-9-2-3-9)11-13(19-14)20(7-16-11)10-4-1-8(5-10)6-21;13-12-16-10(15-6-1-2-6)9-11(17-12)18(5-14-9)7-4-20-8(3-19)21-7/h1,4,7-10,21H,2-3,5-6H2,(H3,15,17,18,19);5-8,19H,1-4H2,(H3,13,15,16,17)/t8-,10+;7-,8-/m11/s1. The molecular weight excluding hydrogens is 544 g/mol. The van der Waals surface area contributed by atoms with Gasteiger partial charge in [0, 0.05) is 24.6 Å². The van der Waals surface area contributed by atoms with Crippen LogP contribution in [0.1, 0.15) is 44.4 Å². The van der Waals surface area contributed by atoms with Crippen molar-refractivity contribution < 1.29 is 19.7 Å². The Labute approximate surface area is 240 Å². The van der Waals surface area contributed by atoms with Gasteiger partial charge in [0.2, 0.25) is 11.9 Å². The first-order valence-electron chi connectivity index (χ1n) is 14.2. The second kappa shape index (κ2) is 10.9. The van der Waals surface area contributed by atoms with Crippen molar-refractivity contribution in [1.82, 2.24) is 39.0 Å². The summed E-state index contributed by atoms with van der Waals surface area (Å²) in [5.41, 5.74) is 14.4. The van der Waals surface area contributed by atoms with E-state index in [9.17, 15) is 5.11 Å². The van der Waals surface area contributed by atoms with Gasteiger partial charge in [-0.05, 0) is 32.1 Å². The highest BCUT2D eigenvalue weighted by Crippen LogP contribution is 2.33. The van der Waals surface area contributed by atoms with Crippen molar-refractivity contribution in [1.29, 1.82) is 0 Å². The second-order valence-corrected chi connectivity index (χ2v) is 11.0. The molecule has 8 N–H and O–H groups in total. The summed E-state index contributed by atoms with van der Waals surface area (Å²) in [4.78, 5) is 25.9. The van der Waals surface area contributed by atoms with Crippen molar-refractivity contribution in [2.45, 2.75) is 62.7 Å². The van der Waals surface area contributed by atoms with Crippen LogP contribution in [0.5, 0.6) is 0 Å². The number of nitrogen functional groups attached to an aromatic ring is 2. The number of aromatic nitrogens is 8. The number of nitrogens with zero attached hydrogens (tertiary/aromatic N) is 8. The Bertz CT molecular complexity index is 1610. The van der Waals surface area contributed by atoms with E-state index >= 15 is 0 Å². The molecule has 222 valence electrons. The van der Waals surface area contributed by atoms with Gasteiger partial charge in [-0.1, -0.05) is 12.2 Å². The third-order valence-electron chi connectivity index (χ3n) is 7.65. The van der Waals surface area contributed by atoms with Crippen LogP contribution in [0.4, 0.5) is 23.5 Å². The maximum Gasteiger partial charge on any atom is 0.224 e. The van der Waals surface area contributed by atoms with Crippen LogP contribution in [0, 0.1) is 5.92 Å². The first-order chi connectivity index (χ1) is 20.5. The van der Waals surface area contributed by atoms with Gasteiger partial charge in [-0.2, -0.15) is 19.9 Å². The third kappa shape index (κ3) is 5.40. The Kier molecular flexibility index (Phi) is 6.97. The molecule has 0 bridgehead atoms. The minimum Gasteiger partial charge on any atom is -0.396 e. The van der Waals surface area contributed by atoms with Gasteiger partial charge in [0.1, 0.15) is 0 Å². The maximum atomic E-state index is 9.26. The molecule has 42 heavy (non-hydrogen) atoms. The van der Waals surface area contributed by atoms with Crippen LogP contribution in [0.25, 0.3) is 22.3 Å². The predicted molar refractivity (Wildman–Crippen MR) is 153 cm³/mol. The Morgan fingerprint density at radius 1 is 0.810 bits per heavy atom. The number of hydrogen-bond donors (Lipinski definition) is 6. The van der Waals surface area contributed by atoms with Crippen LogP contribution in [0.2, 0.25) is 0 Å². The van der Waals surface area contributed by atoms with Gasteiger partial charge in [-0.25, -0.2) is 9.97 Å². The van der Waals surface area contributed by atoms with Crippen molar-refractivity contribution >= 4 is 45.9 Å². The molecule has 0 radical (unpaired) electrons. The summed E-state index contributed by atoms with van der Waals surface area (Å²) in [6.07, 6.45) is 12.0.